The van der Waals surface area contributed by atoms with Gasteiger partial charge < -0.3 is 20.7 Å². The molecule has 6 rings (SSSR count). The lowest BCUT2D eigenvalue weighted by Crippen LogP contribution is -2.61. The van der Waals surface area contributed by atoms with Gasteiger partial charge in [-0.25, -0.2) is 8.42 Å². The Hall–Kier alpha value is -2.45. The van der Waals surface area contributed by atoms with E-state index in [9.17, 15) is 8.42 Å². The predicted molar refractivity (Wildman–Crippen MR) is 157 cm³/mol. The first-order chi connectivity index (χ1) is 19.0. The van der Waals surface area contributed by atoms with E-state index in [0.717, 1.165) is 31.4 Å². The largest absolute Gasteiger partial charge is 0.494 e. The Bertz CT molecular complexity index is 1390. The van der Waals surface area contributed by atoms with Crippen molar-refractivity contribution in [2.75, 3.05) is 13.2 Å². The number of unbranched alkanes of at least 4 members (excludes halogenated alkanes) is 1. The summed E-state index contributed by atoms with van der Waals surface area (Å²) in [5, 5.41) is 13.1. The Labute approximate surface area is 232 Å². The second kappa shape index (κ2) is 11.2. The molecular formula is C32H41N3O3S. The van der Waals surface area contributed by atoms with Crippen molar-refractivity contribution in [3.63, 3.8) is 0 Å². The van der Waals surface area contributed by atoms with Gasteiger partial charge in [-0.2, -0.15) is 0 Å². The molecule has 3 N–H and O–H groups in total. The fourth-order valence-electron chi connectivity index (χ4n) is 6.68. The van der Waals surface area contributed by atoms with E-state index >= 15 is 0 Å². The van der Waals surface area contributed by atoms with Crippen molar-refractivity contribution in [3.05, 3.63) is 72.3 Å². The van der Waals surface area contributed by atoms with Gasteiger partial charge in [0.1, 0.15) is 11.0 Å². The minimum Gasteiger partial charge on any atom is -0.494 e. The van der Waals surface area contributed by atoms with Crippen molar-refractivity contribution in [3.8, 4) is 5.75 Å². The highest BCUT2D eigenvalue weighted by Gasteiger charge is 2.62. The third-order valence-electron chi connectivity index (χ3n) is 9.10. The zero-order valence-electron chi connectivity index (χ0n) is 22.9. The number of sulfone groups is 1. The van der Waals surface area contributed by atoms with Gasteiger partial charge in [-0.15, -0.1) is 0 Å². The minimum atomic E-state index is -3.62. The Kier molecular flexibility index (Phi) is 7.68. The Morgan fingerprint density at radius 1 is 0.974 bits per heavy atom. The molecule has 3 fully saturated rings. The van der Waals surface area contributed by atoms with Crippen molar-refractivity contribution in [2.45, 2.75) is 92.2 Å². The summed E-state index contributed by atoms with van der Waals surface area (Å²) in [4.78, 5) is 0.380. The normalized spacial score (nSPS) is 26.6. The molecule has 4 atom stereocenters. The lowest BCUT2D eigenvalue weighted by molar-refractivity contribution is 0.274. The van der Waals surface area contributed by atoms with E-state index in [1.807, 2.05) is 0 Å². The van der Waals surface area contributed by atoms with Crippen LogP contribution >= 0.6 is 0 Å². The van der Waals surface area contributed by atoms with Crippen LogP contribution in [0.2, 0.25) is 0 Å². The third-order valence-corrected chi connectivity index (χ3v) is 11.4. The van der Waals surface area contributed by atoms with Crippen LogP contribution in [0.25, 0.3) is 10.8 Å². The average Bonchev–Trinajstić information content (AvgIpc) is 3.48. The molecule has 3 aliphatic rings. The standard InChI is InChI=1S/C32H41N3O3S/c1-2-3-19-38-27-13-15-28(16-14-27)39(36,37)31-30(29-17-18-32(31,35-29)22-34-26-9-6-10-26)33-21-23-11-12-24-7-4-5-8-25(24)20-23/h4-5,7-8,11-16,20,26,29-31,33-35H,2-3,6,9-10,17-19,21-22H2,1H3. The van der Waals surface area contributed by atoms with Crippen LogP contribution in [0.1, 0.15) is 57.4 Å². The average molecular weight is 548 g/mol. The number of rotatable bonds is 12. The molecule has 3 aromatic carbocycles. The van der Waals surface area contributed by atoms with Gasteiger partial charge in [0, 0.05) is 36.8 Å². The second-order valence-electron chi connectivity index (χ2n) is 11.7. The molecule has 2 heterocycles. The number of hydrogen-bond acceptors (Lipinski definition) is 6. The summed E-state index contributed by atoms with van der Waals surface area (Å²) in [5.41, 5.74) is 0.694. The van der Waals surface area contributed by atoms with Crippen LogP contribution < -0.4 is 20.7 Å². The van der Waals surface area contributed by atoms with E-state index in [-0.39, 0.29) is 12.1 Å². The maximum atomic E-state index is 14.4. The Morgan fingerprint density at radius 2 is 1.77 bits per heavy atom. The Balaban J connectivity index is 1.26. The molecule has 0 aromatic heterocycles. The first kappa shape index (κ1) is 26.8. The smallest absolute Gasteiger partial charge is 0.184 e. The summed E-state index contributed by atoms with van der Waals surface area (Å²) in [6, 6.07) is 22.4. The van der Waals surface area contributed by atoms with Crippen LogP contribution in [0.15, 0.2) is 71.6 Å². The van der Waals surface area contributed by atoms with Gasteiger partial charge in [-0.1, -0.05) is 56.2 Å². The molecule has 6 nitrogen and oxygen atoms in total. The first-order valence-electron chi connectivity index (χ1n) is 14.7. The molecule has 1 saturated carbocycles. The number of benzene rings is 3. The molecule has 0 radical (unpaired) electrons. The van der Waals surface area contributed by atoms with Crippen molar-refractivity contribution in [2.24, 2.45) is 0 Å². The van der Waals surface area contributed by atoms with Crippen molar-refractivity contribution in [1.82, 2.24) is 16.0 Å². The van der Waals surface area contributed by atoms with E-state index in [1.165, 1.54) is 35.6 Å². The highest BCUT2D eigenvalue weighted by atomic mass is 32.2. The zero-order chi connectivity index (χ0) is 26.9. The van der Waals surface area contributed by atoms with Gasteiger partial charge in [0.15, 0.2) is 9.84 Å². The summed E-state index contributed by atoms with van der Waals surface area (Å²) in [7, 11) is -3.62. The van der Waals surface area contributed by atoms with Crippen LogP contribution in [0.4, 0.5) is 0 Å². The molecule has 208 valence electrons. The SMILES string of the molecule is CCCCOc1ccc(S(=O)(=O)C2C(NCc3ccc4ccccc4c3)C3CCC2(CNC2CCC2)N3)cc1. The summed E-state index contributed by atoms with van der Waals surface area (Å²) < 4.78 is 34.6. The molecule has 2 bridgehead atoms. The lowest BCUT2D eigenvalue weighted by atomic mass is 9.83. The van der Waals surface area contributed by atoms with Crippen LogP contribution in [0.5, 0.6) is 5.75 Å². The third kappa shape index (κ3) is 5.34. The quantitative estimate of drug-likeness (QED) is 0.278. The van der Waals surface area contributed by atoms with Gasteiger partial charge in [-0.05, 0) is 78.8 Å². The van der Waals surface area contributed by atoms with E-state index in [4.69, 9.17) is 4.74 Å². The van der Waals surface area contributed by atoms with Crippen LogP contribution in [0, 0.1) is 0 Å². The molecule has 2 aliphatic heterocycles. The first-order valence-corrected chi connectivity index (χ1v) is 16.2. The van der Waals surface area contributed by atoms with E-state index in [2.05, 4.69) is 65.3 Å². The van der Waals surface area contributed by atoms with Crippen molar-refractivity contribution in [1.29, 1.82) is 0 Å². The molecular weight excluding hydrogens is 506 g/mol. The van der Waals surface area contributed by atoms with Gasteiger partial charge in [0.25, 0.3) is 0 Å². The fraction of sp³-hybridized carbons (Fsp3) is 0.500. The van der Waals surface area contributed by atoms with E-state index in [1.54, 1.807) is 24.3 Å². The van der Waals surface area contributed by atoms with Gasteiger partial charge in [-0.3, -0.25) is 0 Å². The topological polar surface area (TPSA) is 79.5 Å². The summed E-state index contributed by atoms with van der Waals surface area (Å²) in [5.74, 6) is 0.723. The molecule has 39 heavy (non-hydrogen) atoms. The molecule has 7 heteroatoms. The van der Waals surface area contributed by atoms with E-state index in [0.29, 0.717) is 30.6 Å². The highest BCUT2D eigenvalue weighted by Crippen LogP contribution is 2.44. The number of hydrogen-bond donors (Lipinski definition) is 3. The minimum absolute atomic E-state index is 0.130. The molecule has 0 amide bonds. The predicted octanol–water partition coefficient (Wildman–Crippen LogP) is 4.97. The highest BCUT2D eigenvalue weighted by molar-refractivity contribution is 7.92. The Morgan fingerprint density at radius 3 is 2.51 bits per heavy atom. The van der Waals surface area contributed by atoms with Crippen LogP contribution in [0.3, 0.4) is 0 Å². The number of fused-ring (bicyclic) bond motifs is 3. The van der Waals surface area contributed by atoms with Gasteiger partial charge in [0.05, 0.1) is 11.5 Å². The number of nitrogens with one attached hydrogen (secondary N) is 3. The van der Waals surface area contributed by atoms with Gasteiger partial charge in [0.2, 0.25) is 0 Å². The number of ether oxygens (including phenoxy) is 1. The van der Waals surface area contributed by atoms with E-state index < -0.39 is 20.6 Å². The van der Waals surface area contributed by atoms with Crippen LogP contribution in [-0.2, 0) is 16.4 Å². The van der Waals surface area contributed by atoms with Crippen molar-refractivity contribution >= 4 is 20.6 Å². The fourth-order valence-corrected chi connectivity index (χ4v) is 9.03. The van der Waals surface area contributed by atoms with Gasteiger partial charge >= 0.3 is 0 Å². The lowest BCUT2D eigenvalue weighted by Gasteiger charge is -2.40. The van der Waals surface area contributed by atoms with Crippen LogP contribution in [-0.4, -0.2) is 50.5 Å². The molecule has 2 saturated heterocycles. The maximum absolute atomic E-state index is 14.4. The monoisotopic (exact) mass is 547 g/mol. The maximum Gasteiger partial charge on any atom is 0.184 e. The summed E-state index contributed by atoms with van der Waals surface area (Å²) in [6.07, 6.45) is 7.51. The zero-order valence-corrected chi connectivity index (χ0v) is 23.7. The summed E-state index contributed by atoms with van der Waals surface area (Å²) >= 11 is 0. The van der Waals surface area contributed by atoms with Crippen molar-refractivity contribution < 1.29 is 13.2 Å². The molecule has 1 aliphatic carbocycles. The molecule has 0 spiro atoms. The molecule has 4 unspecified atom stereocenters. The summed E-state index contributed by atoms with van der Waals surface area (Å²) in [6.45, 7) is 4.09. The second-order valence-corrected chi connectivity index (χ2v) is 13.8. The molecule has 3 aromatic rings.